The maximum Gasteiger partial charge on any atom is 0.295 e. The number of halogens is 1. The standard InChI is InChI=1S/C17H16FN7O2/c18-12-6-21-16(25-2-1-22-23-25)14-13(12)11(5-20-14)15(26)17(27)24-7-9-3-19-4-10(9)8-24/h1-2,5-6,9-10,19-20H,3-4,7-8H2. The van der Waals surface area contributed by atoms with Crippen molar-refractivity contribution in [2.45, 2.75) is 0 Å². The minimum absolute atomic E-state index is 0.00597. The Balaban J connectivity index is 1.51. The van der Waals surface area contributed by atoms with Crippen molar-refractivity contribution in [3.05, 3.63) is 36.2 Å². The first-order valence-corrected chi connectivity index (χ1v) is 8.70. The van der Waals surface area contributed by atoms with Gasteiger partial charge in [0.1, 0.15) is 0 Å². The second kappa shape index (κ2) is 5.95. The number of rotatable bonds is 3. The molecule has 2 N–H and O–H groups in total. The maximum absolute atomic E-state index is 14.5. The number of hydrogen-bond acceptors (Lipinski definition) is 6. The molecule has 27 heavy (non-hydrogen) atoms. The Morgan fingerprint density at radius 3 is 2.70 bits per heavy atom. The zero-order chi connectivity index (χ0) is 18.5. The fourth-order valence-corrected chi connectivity index (χ4v) is 4.05. The maximum atomic E-state index is 14.5. The number of fused-ring (bicyclic) bond motifs is 2. The number of H-pyrrole nitrogens is 1. The van der Waals surface area contributed by atoms with Crippen LogP contribution in [-0.2, 0) is 4.79 Å². The molecule has 2 aliphatic rings. The van der Waals surface area contributed by atoms with Gasteiger partial charge in [-0.1, -0.05) is 5.21 Å². The van der Waals surface area contributed by atoms with Crippen molar-refractivity contribution >= 4 is 22.6 Å². The summed E-state index contributed by atoms with van der Waals surface area (Å²) in [6, 6.07) is 0. The number of carbonyl (C=O) groups excluding carboxylic acids is 2. The van der Waals surface area contributed by atoms with E-state index in [1.54, 1.807) is 11.1 Å². The van der Waals surface area contributed by atoms with E-state index in [2.05, 4.69) is 25.6 Å². The predicted octanol–water partition coefficient (Wildman–Crippen LogP) is 0.143. The predicted molar refractivity (Wildman–Crippen MR) is 91.7 cm³/mol. The Morgan fingerprint density at radius 2 is 2.00 bits per heavy atom. The number of nitrogens with one attached hydrogen (secondary N) is 2. The van der Waals surface area contributed by atoms with E-state index >= 15 is 0 Å². The molecule has 3 aromatic rings. The highest BCUT2D eigenvalue weighted by Gasteiger charge is 2.40. The Kier molecular flexibility index (Phi) is 3.54. The molecular weight excluding hydrogens is 353 g/mol. The topological polar surface area (TPSA) is 109 Å². The summed E-state index contributed by atoms with van der Waals surface area (Å²) in [4.78, 5) is 34.0. The van der Waals surface area contributed by atoms with Crippen LogP contribution in [0.2, 0.25) is 0 Å². The van der Waals surface area contributed by atoms with Crippen LogP contribution in [0.5, 0.6) is 0 Å². The largest absolute Gasteiger partial charge is 0.357 e. The zero-order valence-corrected chi connectivity index (χ0v) is 14.2. The molecule has 9 nitrogen and oxygen atoms in total. The number of likely N-dealkylation sites (tertiary alicyclic amines) is 1. The van der Waals surface area contributed by atoms with Crippen LogP contribution < -0.4 is 5.32 Å². The second-order valence-corrected chi connectivity index (χ2v) is 6.95. The van der Waals surface area contributed by atoms with Gasteiger partial charge in [-0.05, 0) is 11.8 Å². The molecule has 2 unspecified atom stereocenters. The average molecular weight is 369 g/mol. The van der Waals surface area contributed by atoms with E-state index in [9.17, 15) is 14.0 Å². The highest BCUT2D eigenvalue weighted by molar-refractivity contribution is 6.45. The van der Waals surface area contributed by atoms with E-state index in [1.165, 1.54) is 17.1 Å². The van der Waals surface area contributed by atoms with Gasteiger partial charge in [0.2, 0.25) is 0 Å². The van der Waals surface area contributed by atoms with Gasteiger partial charge in [-0.15, -0.1) is 5.10 Å². The summed E-state index contributed by atoms with van der Waals surface area (Å²) < 4.78 is 15.8. The Labute approximate surface area is 152 Å². The first kappa shape index (κ1) is 16.1. The van der Waals surface area contributed by atoms with Crippen molar-refractivity contribution in [3.63, 3.8) is 0 Å². The van der Waals surface area contributed by atoms with Gasteiger partial charge in [0.25, 0.3) is 11.7 Å². The molecule has 5 rings (SSSR count). The van der Waals surface area contributed by atoms with Crippen LogP contribution in [-0.4, -0.2) is 67.7 Å². The van der Waals surface area contributed by atoms with Crippen molar-refractivity contribution in [2.75, 3.05) is 26.2 Å². The van der Waals surface area contributed by atoms with E-state index < -0.39 is 17.5 Å². The molecule has 2 fully saturated rings. The highest BCUT2D eigenvalue weighted by atomic mass is 19.1. The molecule has 0 saturated carbocycles. The number of Topliss-reactive ketones (excluding diaryl/α,β-unsaturated/α-hetero) is 1. The minimum Gasteiger partial charge on any atom is -0.357 e. The number of pyridine rings is 1. The van der Waals surface area contributed by atoms with Gasteiger partial charge in [0.15, 0.2) is 11.6 Å². The summed E-state index contributed by atoms with van der Waals surface area (Å²) in [7, 11) is 0. The third-order valence-corrected chi connectivity index (χ3v) is 5.40. The van der Waals surface area contributed by atoms with Gasteiger partial charge in [-0.2, -0.15) is 0 Å². The van der Waals surface area contributed by atoms with Crippen LogP contribution >= 0.6 is 0 Å². The lowest BCUT2D eigenvalue weighted by atomic mass is 10.0. The lowest BCUT2D eigenvalue weighted by Crippen LogP contribution is -2.36. The van der Waals surface area contributed by atoms with Gasteiger partial charge in [-0.25, -0.2) is 14.1 Å². The van der Waals surface area contributed by atoms with E-state index in [0.717, 1.165) is 19.3 Å². The number of ketones is 1. The quantitative estimate of drug-likeness (QED) is 0.502. The molecule has 0 bridgehead atoms. The molecule has 2 atom stereocenters. The molecule has 2 aliphatic heterocycles. The first-order chi connectivity index (χ1) is 13.1. The number of hydrogen-bond donors (Lipinski definition) is 2. The molecular formula is C17H16FN7O2. The lowest BCUT2D eigenvalue weighted by Gasteiger charge is -2.16. The molecule has 0 aliphatic carbocycles. The summed E-state index contributed by atoms with van der Waals surface area (Å²) in [6.45, 7) is 2.83. The molecule has 0 aromatic carbocycles. The van der Waals surface area contributed by atoms with Crippen molar-refractivity contribution in [1.82, 2.24) is 35.2 Å². The zero-order valence-electron chi connectivity index (χ0n) is 14.2. The highest BCUT2D eigenvalue weighted by Crippen LogP contribution is 2.29. The van der Waals surface area contributed by atoms with E-state index in [-0.39, 0.29) is 10.9 Å². The molecule has 1 amide bonds. The molecule has 0 radical (unpaired) electrons. The van der Waals surface area contributed by atoms with Crippen LogP contribution in [0.25, 0.3) is 16.7 Å². The molecule has 10 heteroatoms. The third kappa shape index (κ3) is 2.44. The third-order valence-electron chi connectivity index (χ3n) is 5.40. The Hall–Kier alpha value is -3.14. The van der Waals surface area contributed by atoms with Crippen molar-refractivity contribution in [1.29, 1.82) is 0 Å². The molecule has 5 heterocycles. The van der Waals surface area contributed by atoms with Crippen LogP contribution in [0, 0.1) is 17.7 Å². The van der Waals surface area contributed by atoms with Crippen molar-refractivity contribution in [3.8, 4) is 5.82 Å². The summed E-state index contributed by atoms with van der Waals surface area (Å²) in [5.41, 5.74) is 0.297. The van der Waals surface area contributed by atoms with Crippen molar-refractivity contribution < 1.29 is 14.0 Å². The fourth-order valence-electron chi connectivity index (χ4n) is 4.05. The van der Waals surface area contributed by atoms with Gasteiger partial charge < -0.3 is 15.2 Å². The van der Waals surface area contributed by atoms with E-state index in [1.807, 2.05) is 0 Å². The number of aromatic nitrogens is 5. The minimum atomic E-state index is -0.719. The van der Waals surface area contributed by atoms with Crippen LogP contribution in [0.15, 0.2) is 24.8 Å². The average Bonchev–Trinajstić information content (AvgIpc) is 3.43. The van der Waals surface area contributed by atoms with Gasteiger partial charge in [-0.3, -0.25) is 9.59 Å². The first-order valence-electron chi connectivity index (χ1n) is 8.70. The fraction of sp³-hybridized carbons (Fsp3) is 0.353. The summed E-state index contributed by atoms with van der Waals surface area (Å²) >= 11 is 0. The van der Waals surface area contributed by atoms with Crippen LogP contribution in [0.1, 0.15) is 10.4 Å². The smallest absolute Gasteiger partial charge is 0.295 e. The molecule has 0 spiro atoms. The summed E-state index contributed by atoms with van der Waals surface area (Å²) in [6.07, 6.45) is 5.40. The number of carbonyl (C=O) groups is 2. The molecule has 3 aromatic heterocycles. The molecule has 2 saturated heterocycles. The summed E-state index contributed by atoms with van der Waals surface area (Å²) in [5.74, 6) is -0.923. The lowest BCUT2D eigenvalue weighted by molar-refractivity contribution is -0.125. The number of aromatic amines is 1. The number of nitrogens with zero attached hydrogens (tertiary/aromatic N) is 5. The Bertz CT molecular complexity index is 1030. The monoisotopic (exact) mass is 369 g/mol. The second-order valence-electron chi connectivity index (χ2n) is 6.95. The van der Waals surface area contributed by atoms with E-state index in [4.69, 9.17) is 0 Å². The van der Waals surface area contributed by atoms with Gasteiger partial charge >= 0.3 is 0 Å². The van der Waals surface area contributed by atoms with E-state index in [0.29, 0.717) is 36.3 Å². The normalized spacial score (nSPS) is 21.7. The van der Waals surface area contributed by atoms with Crippen LogP contribution in [0.4, 0.5) is 4.39 Å². The summed E-state index contributed by atoms with van der Waals surface area (Å²) in [5, 5.41) is 10.9. The van der Waals surface area contributed by atoms with Gasteiger partial charge in [0.05, 0.1) is 35.1 Å². The SMILES string of the molecule is O=C(C(=O)N1CC2CNCC2C1)c1c[nH]c2c(-n3ccnn3)ncc(F)c12. The van der Waals surface area contributed by atoms with Crippen molar-refractivity contribution in [2.24, 2.45) is 11.8 Å². The van der Waals surface area contributed by atoms with Gasteiger partial charge in [0, 0.05) is 32.4 Å². The number of amides is 1. The Morgan fingerprint density at radius 1 is 1.22 bits per heavy atom. The van der Waals surface area contributed by atoms with Crippen LogP contribution in [0.3, 0.4) is 0 Å². The molecule has 138 valence electrons.